The lowest BCUT2D eigenvalue weighted by atomic mass is 9.95. The molecule has 2 N–H and O–H groups in total. The van der Waals surface area contributed by atoms with Crippen molar-refractivity contribution in [3.8, 4) is 0 Å². The third-order valence-corrected chi connectivity index (χ3v) is 3.25. The van der Waals surface area contributed by atoms with Crippen molar-refractivity contribution in [1.29, 1.82) is 0 Å². The van der Waals surface area contributed by atoms with E-state index in [1.54, 1.807) is 6.07 Å². The van der Waals surface area contributed by atoms with E-state index in [-0.39, 0.29) is 16.9 Å². The summed E-state index contributed by atoms with van der Waals surface area (Å²) in [4.78, 5) is 0. The molecule has 1 saturated carbocycles. The average molecular weight is 214 g/mol. The molecule has 2 rings (SSSR count). The molecule has 1 nitrogen and oxygen atoms in total. The lowest BCUT2D eigenvalue weighted by Crippen LogP contribution is -2.22. The highest BCUT2D eigenvalue weighted by atomic mass is 35.5. The number of benzene rings is 1. The van der Waals surface area contributed by atoms with Gasteiger partial charge in [-0.25, -0.2) is 4.39 Å². The Morgan fingerprint density at radius 3 is 2.71 bits per heavy atom. The standard InChI is InChI=1S/C11H13ClFN/c12-9-5-4-7(6-10(9)13)8-2-1-3-11(8)14/h4-6,8,11H,1-3,14H2. The Bertz CT molecular complexity index is 340. The first-order valence-electron chi connectivity index (χ1n) is 4.89. The first-order valence-corrected chi connectivity index (χ1v) is 5.27. The molecule has 0 amide bonds. The van der Waals surface area contributed by atoms with Crippen LogP contribution in [-0.2, 0) is 0 Å². The Kier molecular flexibility index (Phi) is 2.75. The molecule has 1 fully saturated rings. The van der Waals surface area contributed by atoms with Gasteiger partial charge in [0.2, 0.25) is 0 Å². The molecule has 1 aromatic carbocycles. The van der Waals surface area contributed by atoms with Crippen molar-refractivity contribution in [2.45, 2.75) is 31.2 Å². The molecule has 1 aliphatic rings. The molecule has 76 valence electrons. The van der Waals surface area contributed by atoms with Gasteiger partial charge in [0.15, 0.2) is 0 Å². The van der Waals surface area contributed by atoms with Crippen LogP contribution in [0.2, 0.25) is 5.02 Å². The lowest BCUT2D eigenvalue weighted by Gasteiger charge is -2.15. The molecule has 0 aromatic heterocycles. The Morgan fingerprint density at radius 1 is 1.36 bits per heavy atom. The van der Waals surface area contributed by atoms with Crippen LogP contribution in [0.5, 0.6) is 0 Å². The van der Waals surface area contributed by atoms with Crippen LogP contribution in [0.1, 0.15) is 30.7 Å². The van der Waals surface area contributed by atoms with Crippen LogP contribution in [0.15, 0.2) is 18.2 Å². The van der Waals surface area contributed by atoms with E-state index >= 15 is 0 Å². The predicted octanol–water partition coefficient (Wildman–Crippen LogP) is 3.07. The fraction of sp³-hybridized carbons (Fsp3) is 0.455. The number of rotatable bonds is 1. The summed E-state index contributed by atoms with van der Waals surface area (Å²) >= 11 is 5.62. The van der Waals surface area contributed by atoms with Crippen LogP contribution in [0, 0.1) is 5.82 Å². The molecule has 0 saturated heterocycles. The first kappa shape index (κ1) is 9.94. The van der Waals surface area contributed by atoms with E-state index in [4.69, 9.17) is 17.3 Å². The zero-order valence-electron chi connectivity index (χ0n) is 7.84. The smallest absolute Gasteiger partial charge is 0.142 e. The Hall–Kier alpha value is -0.600. The van der Waals surface area contributed by atoms with Gasteiger partial charge in [-0.05, 0) is 36.5 Å². The molecule has 0 radical (unpaired) electrons. The van der Waals surface area contributed by atoms with Gasteiger partial charge in [0.1, 0.15) is 5.82 Å². The summed E-state index contributed by atoms with van der Waals surface area (Å²) in [5, 5.41) is 0.181. The summed E-state index contributed by atoms with van der Waals surface area (Å²) in [6.45, 7) is 0. The van der Waals surface area contributed by atoms with Crippen molar-refractivity contribution in [2.75, 3.05) is 0 Å². The lowest BCUT2D eigenvalue weighted by molar-refractivity contribution is 0.594. The first-order chi connectivity index (χ1) is 6.68. The molecule has 2 atom stereocenters. The number of halogens is 2. The van der Waals surface area contributed by atoms with Crippen LogP contribution >= 0.6 is 11.6 Å². The topological polar surface area (TPSA) is 26.0 Å². The van der Waals surface area contributed by atoms with E-state index in [1.165, 1.54) is 6.07 Å². The fourth-order valence-corrected chi connectivity index (χ4v) is 2.26. The Morgan fingerprint density at radius 2 is 2.14 bits per heavy atom. The minimum Gasteiger partial charge on any atom is -0.327 e. The van der Waals surface area contributed by atoms with Gasteiger partial charge in [-0.15, -0.1) is 0 Å². The second-order valence-corrected chi connectivity index (χ2v) is 4.28. The largest absolute Gasteiger partial charge is 0.327 e. The van der Waals surface area contributed by atoms with Gasteiger partial charge in [0.25, 0.3) is 0 Å². The molecular weight excluding hydrogens is 201 g/mol. The fourth-order valence-electron chi connectivity index (χ4n) is 2.15. The van der Waals surface area contributed by atoms with Gasteiger partial charge in [-0.3, -0.25) is 0 Å². The highest BCUT2D eigenvalue weighted by Crippen LogP contribution is 2.34. The minimum atomic E-state index is -0.344. The molecule has 0 aliphatic heterocycles. The second-order valence-electron chi connectivity index (χ2n) is 3.87. The Balaban J connectivity index is 2.28. The van der Waals surface area contributed by atoms with Crippen LogP contribution in [0.25, 0.3) is 0 Å². The van der Waals surface area contributed by atoms with E-state index in [9.17, 15) is 4.39 Å². The van der Waals surface area contributed by atoms with E-state index in [0.29, 0.717) is 5.92 Å². The number of hydrogen-bond donors (Lipinski definition) is 1. The molecular formula is C11H13ClFN. The Labute approximate surface area is 88.1 Å². The maximum absolute atomic E-state index is 13.2. The monoisotopic (exact) mass is 213 g/mol. The maximum Gasteiger partial charge on any atom is 0.142 e. The van der Waals surface area contributed by atoms with Crippen molar-refractivity contribution in [2.24, 2.45) is 5.73 Å². The summed E-state index contributed by atoms with van der Waals surface area (Å²) in [7, 11) is 0. The van der Waals surface area contributed by atoms with Crippen molar-refractivity contribution >= 4 is 11.6 Å². The van der Waals surface area contributed by atoms with Gasteiger partial charge in [0.05, 0.1) is 5.02 Å². The van der Waals surface area contributed by atoms with E-state index < -0.39 is 0 Å². The third kappa shape index (κ3) is 1.77. The molecule has 0 heterocycles. The highest BCUT2D eigenvalue weighted by Gasteiger charge is 2.25. The maximum atomic E-state index is 13.2. The van der Waals surface area contributed by atoms with Crippen LogP contribution < -0.4 is 5.73 Å². The van der Waals surface area contributed by atoms with Crippen LogP contribution in [0.3, 0.4) is 0 Å². The molecule has 1 aliphatic carbocycles. The van der Waals surface area contributed by atoms with Gasteiger partial charge in [-0.1, -0.05) is 24.1 Å². The quantitative estimate of drug-likeness (QED) is 0.763. The molecule has 0 spiro atoms. The molecule has 1 aromatic rings. The van der Waals surface area contributed by atoms with Gasteiger partial charge in [0, 0.05) is 6.04 Å². The minimum absolute atomic E-state index is 0.176. The van der Waals surface area contributed by atoms with Crippen molar-refractivity contribution in [3.63, 3.8) is 0 Å². The summed E-state index contributed by atoms with van der Waals surface area (Å²) in [6.07, 6.45) is 3.23. The SMILES string of the molecule is NC1CCCC1c1ccc(Cl)c(F)c1. The van der Waals surface area contributed by atoms with Crippen molar-refractivity contribution in [1.82, 2.24) is 0 Å². The summed E-state index contributed by atoms with van der Waals surface area (Å²) in [5.41, 5.74) is 6.93. The van der Waals surface area contributed by atoms with Gasteiger partial charge >= 0.3 is 0 Å². The van der Waals surface area contributed by atoms with Crippen LogP contribution in [-0.4, -0.2) is 6.04 Å². The normalized spacial score (nSPS) is 26.8. The van der Waals surface area contributed by atoms with Crippen molar-refractivity contribution in [3.05, 3.63) is 34.6 Å². The van der Waals surface area contributed by atoms with Crippen molar-refractivity contribution < 1.29 is 4.39 Å². The predicted molar refractivity (Wildman–Crippen MR) is 56.0 cm³/mol. The zero-order chi connectivity index (χ0) is 10.1. The van der Waals surface area contributed by atoms with E-state index in [2.05, 4.69) is 0 Å². The summed E-state index contributed by atoms with van der Waals surface area (Å²) < 4.78 is 13.2. The highest BCUT2D eigenvalue weighted by molar-refractivity contribution is 6.30. The third-order valence-electron chi connectivity index (χ3n) is 2.94. The summed E-state index contributed by atoms with van der Waals surface area (Å²) in [6, 6.07) is 5.17. The zero-order valence-corrected chi connectivity index (χ0v) is 8.60. The van der Waals surface area contributed by atoms with E-state index in [0.717, 1.165) is 24.8 Å². The van der Waals surface area contributed by atoms with Gasteiger partial charge < -0.3 is 5.73 Å². The molecule has 2 unspecified atom stereocenters. The molecule has 14 heavy (non-hydrogen) atoms. The summed E-state index contributed by atoms with van der Waals surface area (Å²) in [5.74, 6) is -0.0370. The molecule has 0 bridgehead atoms. The number of nitrogens with two attached hydrogens (primary N) is 1. The average Bonchev–Trinajstić information content (AvgIpc) is 2.57. The second kappa shape index (κ2) is 3.87. The van der Waals surface area contributed by atoms with Crippen LogP contribution in [0.4, 0.5) is 4.39 Å². The number of hydrogen-bond acceptors (Lipinski definition) is 1. The van der Waals surface area contributed by atoms with E-state index in [1.807, 2.05) is 6.07 Å². The molecule has 3 heteroatoms. The van der Waals surface area contributed by atoms with Gasteiger partial charge in [-0.2, -0.15) is 0 Å².